The van der Waals surface area contributed by atoms with Crippen LogP contribution in [0.15, 0.2) is 36.4 Å². The summed E-state index contributed by atoms with van der Waals surface area (Å²) in [6.07, 6.45) is 3.12. The van der Waals surface area contributed by atoms with Gasteiger partial charge in [0.1, 0.15) is 5.82 Å². The highest BCUT2D eigenvalue weighted by atomic mass is 16.3. The van der Waals surface area contributed by atoms with Crippen molar-refractivity contribution in [3.8, 4) is 0 Å². The molecule has 0 radical (unpaired) electrons. The number of anilines is 1. The number of rotatable bonds is 3. The molecule has 0 aliphatic rings. The molecule has 1 rings (SSSR count). The minimum absolute atomic E-state index is 0.343. The Labute approximate surface area is 69.6 Å². The van der Waals surface area contributed by atoms with Crippen molar-refractivity contribution >= 4 is 12.1 Å². The average Bonchev–Trinajstić information content (AvgIpc) is 2.16. The second-order valence-electron chi connectivity index (χ2n) is 2.05. The van der Waals surface area contributed by atoms with Crippen LogP contribution in [0.2, 0.25) is 0 Å². The Bertz CT molecular complexity index is 282. The van der Waals surface area contributed by atoms with Gasteiger partial charge in [0.25, 0.3) is 0 Å². The van der Waals surface area contributed by atoms with E-state index >= 15 is 0 Å². The minimum Gasteiger partial charge on any atom is -0.504 e. The lowest BCUT2D eigenvalue weighted by atomic mass is 10.4. The molecule has 4 heteroatoms. The molecule has 1 aromatic heterocycles. The zero-order valence-corrected chi connectivity index (χ0v) is 6.27. The minimum atomic E-state index is -0.361. The molecule has 1 heterocycles. The zero-order valence-electron chi connectivity index (χ0n) is 6.27. The van der Waals surface area contributed by atoms with Gasteiger partial charge in [0.2, 0.25) is 0 Å². The lowest BCUT2D eigenvalue weighted by Crippen LogP contribution is -1.93. The molecule has 12 heavy (non-hydrogen) atoms. The lowest BCUT2D eigenvalue weighted by Gasteiger charge is -1.96. The van der Waals surface area contributed by atoms with Crippen LogP contribution < -0.4 is 5.32 Å². The summed E-state index contributed by atoms with van der Waals surface area (Å²) in [5.74, 6) is 0.214. The van der Waals surface area contributed by atoms with E-state index in [2.05, 4.69) is 10.3 Å². The van der Waals surface area contributed by atoms with E-state index in [9.17, 15) is 4.79 Å². The molecule has 2 N–H and O–H groups in total. The second-order valence-corrected chi connectivity index (χ2v) is 2.05. The number of aliphatic hydroxyl groups is 1. The van der Waals surface area contributed by atoms with Gasteiger partial charge in [-0.15, -0.1) is 0 Å². The number of nitrogens with one attached hydrogen (secondary N) is 1. The van der Waals surface area contributed by atoms with Crippen LogP contribution in [0.3, 0.4) is 0 Å². The Hall–Kier alpha value is -1.84. The summed E-state index contributed by atoms with van der Waals surface area (Å²) in [6, 6.07) is 5.28. The first-order valence-electron chi connectivity index (χ1n) is 3.35. The van der Waals surface area contributed by atoms with Gasteiger partial charge in [0.15, 0.2) is 12.0 Å². The first kappa shape index (κ1) is 8.26. The average molecular weight is 164 g/mol. The number of allylic oxidation sites excluding steroid dienone is 1. The van der Waals surface area contributed by atoms with Crippen molar-refractivity contribution in [2.75, 3.05) is 5.32 Å². The van der Waals surface area contributed by atoms with Gasteiger partial charge in [0.05, 0.1) is 0 Å². The predicted molar refractivity (Wildman–Crippen MR) is 44.6 cm³/mol. The molecule has 0 unspecified atom stereocenters. The van der Waals surface area contributed by atoms with Gasteiger partial charge >= 0.3 is 0 Å². The van der Waals surface area contributed by atoms with Crippen molar-refractivity contribution in [3.05, 3.63) is 36.4 Å². The molecular formula is C8H8N2O2. The summed E-state index contributed by atoms with van der Waals surface area (Å²) in [5, 5.41) is 11.4. The third kappa shape index (κ3) is 2.42. The van der Waals surface area contributed by atoms with E-state index < -0.39 is 0 Å². The van der Waals surface area contributed by atoms with Crippen LogP contribution in [0, 0.1) is 0 Å². The highest BCUT2D eigenvalue weighted by molar-refractivity contribution is 5.70. The Morgan fingerprint density at radius 2 is 2.42 bits per heavy atom. The van der Waals surface area contributed by atoms with Gasteiger partial charge in [-0.05, 0) is 12.1 Å². The summed E-state index contributed by atoms with van der Waals surface area (Å²) in [7, 11) is 0. The maximum Gasteiger partial charge on any atom is 0.185 e. The van der Waals surface area contributed by atoms with Crippen LogP contribution in [0.1, 0.15) is 0 Å². The van der Waals surface area contributed by atoms with Crippen molar-refractivity contribution in [1.82, 2.24) is 4.98 Å². The number of aliphatic hydroxyl groups excluding tert-OH is 1. The summed E-state index contributed by atoms with van der Waals surface area (Å²) in [5.41, 5.74) is 0. The molecule has 4 nitrogen and oxygen atoms in total. The first-order chi connectivity index (χ1) is 5.83. The fourth-order valence-electron chi connectivity index (χ4n) is 0.630. The van der Waals surface area contributed by atoms with Crippen LogP contribution in [0.25, 0.3) is 0 Å². The second kappa shape index (κ2) is 4.12. The van der Waals surface area contributed by atoms with Crippen molar-refractivity contribution in [1.29, 1.82) is 0 Å². The first-order valence-corrected chi connectivity index (χ1v) is 3.35. The fourth-order valence-corrected chi connectivity index (χ4v) is 0.630. The van der Waals surface area contributed by atoms with E-state index in [1.165, 1.54) is 6.20 Å². The maximum absolute atomic E-state index is 9.95. The molecule has 0 amide bonds. The molecule has 1 aromatic rings. The quantitative estimate of drug-likeness (QED) is 0.399. The molecule has 0 aliphatic carbocycles. The Kier molecular flexibility index (Phi) is 2.84. The third-order valence-electron chi connectivity index (χ3n) is 1.15. The van der Waals surface area contributed by atoms with Gasteiger partial charge in [-0.3, -0.25) is 4.79 Å². The summed E-state index contributed by atoms with van der Waals surface area (Å²) in [6.45, 7) is 0. The largest absolute Gasteiger partial charge is 0.504 e. The van der Waals surface area contributed by atoms with E-state index in [0.717, 1.165) is 0 Å². The van der Waals surface area contributed by atoms with E-state index in [1.807, 2.05) is 0 Å². The van der Waals surface area contributed by atoms with Gasteiger partial charge in [-0.25, -0.2) is 4.98 Å². The van der Waals surface area contributed by atoms with Crippen LogP contribution in [-0.2, 0) is 4.79 Å². The molecule has 62 valence electrons. The molecule has 0 fully saturated rings. The van der Waals surface area contributed by atoms with Crippen molar-refractivity contribution < 1.29 is 9.90 Å². The van der Waals surface area contributed by atoms with Gasteiger partial charge in [-0.1, -0.05) is 6.07 Å². The van der Waals surface area contributed by atoms with Crippen LogP contribution in [-0.4, -0.2) is 16.4 Å². The van der Waals surface area contributed by atoms with E-state index in [1.54, 1.807) is 24.4 Å². The molecule has 0 aromatic carbocycles. The van der Waals surface area contributed by atoms with Crippen LogP contribution in [0.4, 0.5) is 5.82 Å². The number of aldehydes is 1. The Morgan fingerprint density at radius 3 is 3.00 bits per heavy atom. The molecule has 0 aliphatic heterocycles. The monoisotopic (exact) mass is 164 g/mol. The topological polar surface area (TPSA) is 62.2 Å². The number of carbonyl (C=O) groups excluding carboxylic acids is 1. The van der Waals surface area contributed by atoms with Crippen molar-refractivity contribution in [2.24, 2.45) is 0 Å². The maximum atomic E-state index is 9.95. The van der Waals surface area contributed by atoms with Gasteiger partial charge < -0.3 is 10.4 Å². The molecule has 0 spiro atoms. The number of pyridine rings is 1. The zero-order chi connectivity index (χ0) is 8.81. The Balaban J connectivity index is 2.60. The van der Waals surface area contributed by atoms with E-state index in [0.29, 0.717) is 12.1 Å². The number of carbonyl (C=O) groups is 1. The van der Waals surface area contributed by atoms with Gasteiger partial charge in [0, 0.05) is 12.4 Å². The molecular weight excluding hydrogens is 156 g/mol. The molecule has 0 bridgehead atoms. The normalized spacial score (nSPS) is 10.8. The standard InChI is InChI=1S/C8H8N2O2/c11-6-7(12)5-10-8-3-1-2-4-9-8/h1-6,12H,(H,9,10)/b7-5-. The van der Waals surface area contributed by atoms with E-state index in [-0.39, 0.29) is 5.76 Å². The number of hydrogen-bond acceptors (Lipinski definition) is 4. The molecule has 0 saturated heterocycles. The van der Waals surface area contributed by atoms with Crippen molar-refractivity contribution in [3.63, 3.8) is 0 Å². The van der Waals surface area contributed by atoms with Crippen LogP contribution in [0.5, 0.6) is 0 Å². The van der Waals surface area contributed by atoms with Gasteiger partial charge in [-0.2, -0.15) is 0 Å². The summed E-state index contributed by atoms with van der Waals surface area (Å²) < 4.78 is 0. The van der Waals surface area contributed by atoms with Crippen LogP contribution >= 0.6 is 0 Å². The summed E-state index contributed by atoms with van der Waals surface area (Å²) >= 11 is 0. The number of nitrogens with zero attached hydrogens (tertiary/aromatic N) is 1. The lowest BCUT2D eigenvalue weighted by molar-refractivity contribution is -0.106. The number of aromatic nitrogens is 1. The highest BCUT2D eigenvalue weighted by Crippen LogP contribution is 1.99. The predicted octanol–water partition coefficient (Wildman–Crippen LogP) is 1.09. The third-order valence-corrected chi connectivity index (χ3v) is 1.15. The van der Waals surface area contributed by atoms with E-state index in [4.69, 9.17) is 5.11 Å². The molecule has 0 atom stereocenters. The smallest absolute Gasteiger partial charge is 0.185 e. The summed E-state index contributed by atoms with van der Waals surface area (Å²) in [4.78, 5) is 13.8. The highest BCUT2D eigenvalue weighted by Gasteiger charge is 1.88. The molecule has 0 saturated carbocycles. The fraction of sp³-hybridized carbons (Fsp3) is 0. The Morgan fingerprint density at radius 1 is 1.58 bits per heavy atom. The SMILES string of the molecule is O=C/C(O)=C/Nc1ccccn1. The number of hydrogen-bond donors (Lipinski definition) is 2. The van der Waals surface area contributed by atoms with Crippen molar-refractivity contribution in [2.45, 2.75) is 0 Å².